The van der Waals surface area contributed by atoms with E-state index in [9.17, 15) is 9.59 Å². The van der Waals surface area contributed by atoms with Crippen LogP contribution in [0.25, 0.3) is 0 Å². The molecule has 6 heteroatoms. The highest BCUT2D eigenvalue weighted by molar-refractivity contribution is 9.10. The molecule has 0 aromatic heterocycles. The van der Waals surface area contributed by atoms with Crippen LogP contribution in [0.15, 0.2) is 22.7 Å². The third-order valence-electron chi connectivity index (χ3n) is 3.14. The number of piperazine rings is 1. The first kappa shape index (κ1) is 16.0. The minimum atomic E-state index is -0.260. The van der Waals surface area contributed by atoms with E-state index < -0.39 is 0 Å². The molecule has 2 N–H and O–H groups in total. The van der Waals surface area contributed by atoms with Gasteiger partial charge in [0.05, 0.1) is 13.1 Å². The largest absolute Gasteiger partial charge is 0.353 e. The third kappa shape index (κ3) is 4.54. The number of benzene rings is 1. The summed E-state index contributed by atoms with van der Waals surface area (Å²) in [6.45, 7) is 7.38. The van der Waals surface area contributed by atoms with Gasteiger partial charge in [-0.1, -0.05) is 15.9 Å². The Kier molecular flexibility index (Phi) is 4.68. The van der Waals surface area contributed by atoms with Gasteiger partial charge in [-0.15, -0.1) is 0 Å². The number of hydrogen-bond acceptors (Lipinski definition) is 4. The average Bonchev–Trinajstić information content (AvgIpc) is 2.34. The van der Waals surface area contributed by atoms with Crippen LogP contribution >= 0.6 is 15.9 Å². The molecule has 0 aliphatic carbocycles. The fourth-order valence-electron chi connectivity index (χ4n) is 2.17. The van der Waals surface area contributed by atoms with Crippen LogP contribution in [0.1, 0.15) is 26.3 Å². The van der Waals surface area contributed by atoms with Crippen LogP contribution < -0.4 is 15.5 Å². The van der Waals surface area contributed by atoms with Crippen molar-refractivity contribution in [3.05, 3.63) is 28.2 Å². The fourth-order valence-corrected chi connectivity index (χ4v) is 2.58. The van der Waals surface area contributed by atoms with Crippen LogP contribution in [0.3, 0.4) is 0 Å². The molecule has 1 aromatic rings. The highest BCUT2D eigenvalue weighted by Gasteiger charge is 2.24. The van der Waals surface area contributed by atoms with E-state index >= 15 is 0 Å². The number of imide groups is 1. The second kappa shape index (κ2) is 6.15. The number of rotatable bonds is 3. The molecular formula is C15H20BrN3O2. The summed E-state index contributed by atoms with van der Waals surface area (Å²) in [6.07, 6.45) is 0. The molecule has 5 nitrogen and oxygen atoms in total. The molecule has 1 saturated heterocycles. The van der Waals surface area contributed by atoms with Crippen LogP contribution in [0, 0.1) is 0 Å². The molecule has 1 aliphatic rings. The number of carbonyl (C=O) groups is 2. The molecule has 21 heavy (non-hydrogen) atoms. The van der Waals surface area contributed by atoms with Crippen LogP contribution in [-0.2, 0) is 16.1 Å². The van der Waals surface area contributed by atoms with E-state index in [1.165, 1.54) is 0 Å². The van der Waals surface area contributed by atoms with Gasteiger partial charge < -0.3 is 10.2 Å². The maximum Gasteiger partial charge on any atom is 0.246 e. The van der Waals surface area contributed by atoms with Crippen LogP contribution in [0.4, 0.5) is 5.69 Å². The second-order valence-corrected chi connectivity index (χ2v) is 7.12. The number of halogens is 1. The van der Waals surface area contributed by atoms with E-state index in [0.29, 0.717) is 6.54 Å². The molecule has 1 heterocycles. The van der Waals surface area contributed by atoms with Gasteiger partial charge in [0, 0.05) is 22.2 Å². The fraction of sp³-hybridized carbons (Fsp3) is 0.467. The lowest BCUT2D eigenvalue weighted by Crippen LogP contribution is -2.51. The normalized spacial score (nSPS) is 16.1. The Balaban J connectivity index is 2.25. The molecule has 0 spiro atoms. The van der Waals surface area contributed by atoms with Crippen molar-refractivity contribution in [1.82, 2.24) is 10.6 Å². The average molecular weight is 354 g/mol. The monoisotopic (exact) mass is 353 g/mol. The first-order valence-electron chi connectivity index (χ1n) is 6.86. The number of hydrogen-bond donors (Lipinski definition) is 2. The van der Waals surface area contributed by atoms with Gasteiger partial charge in [-0.05, 0) is 44.5 Å². The lowest BCUT2D eigenvalue weighted by molar-refractivity contribution is -0.130. The molecule has 2 amide bonds. The third-order valence-corrected chi connectivity index (χ3v) is 3.63. The van der Waals surface area contributed by atoms with Gasteiger partial charge >= 0.3 is 0 Å². The summed E-state index contributed by atoms with van der Waals surface area (Å²) in [5.74, 6) is -0.521. The molecule has 2 rings (SSSR count). The predicted molar refractivity (Wildman–Crippen MR) is 86.1 cm³/mol. The van der Waals surface area contributed by atoms with Gasteiger partial charge in [-0.25, -0.2) is 0 Å². The Labute approximate surface area is 133 Å². The molecule has 0 bridgehead atoms. The van der Waals surface area contributed by atoms with E-state index in [4.69, 9.17) is 0 Å². The minimum absolute atomic E-state index is 0.00528. The van der Waals surface area contributed by atoms with Crippen molar-refractivity contribution in [2.45, 2.75) is 32.9 Å². The lowest BCUT2D eigenvalue weighted by atomic mass is 10.1. The van der Waals surface area contributed by atoms with Crippen molar-refractivity contribution >= 4 is 33.4 Å². The lowest BCUT2D eigenvalue weighted by Gasteiger charge is -2.30. The number of amides is 2. The van der Waals surface area contributed by atoms with Gasteiger partial charge in [0.15, 0.2) is 0 Å². The van der Waals surface area contributed by atoms with E-state index in [1.807, 2.05) is 23.1 Å². The number of nitrogens with one attached hydrogen (secondary N) is 2. The summed E-state index contributed by atoms with van der Waals surface area (Å²) in [4.78, 5) is 24.9. The molecule has 0 radical (unpaired) electrons. The van der Waals surface area contributed by atoms with Crippen molar-refractivity contribution < 1.29 is 9.59 Å². The van der Waals surface area contributed by atoms with Crippen molar-refractivity contribution in [3.63, 3.8) is 0 Å². The Hall–Kier alpha value is -1.40. The van der Waals surface area contributed by atoms with Gasteiger partial charge in [0.25, 0.3) is 0 Å². The van der Waals surface area contributed by atoms with Gasteiger partial charge in [0.2, 0.25) is 11.8 Å². The molecule has 114 valence electrons. The van der Waals surface area contributed by atoms with Gasteiger partial charge in [0.1, 0.15) is 0 Å². The Morgan fingerprint density at radius 3 is 2.43 bits per heavy atom. The number of anilines is 1. The highest BCUT2D eigenvalue weighted by atomic mass is 79.9. The summed E-state index contributed by atoms with van der Waals surface area (Å²) in [5.41, 5.74) is 1.97. The van der Waals surface area contributed by atoms with E-state index in [2.05, 4.69) is 47.3 Å². The Morgan fingerprint density at radius 2 is 1.86 bits per heavy atom. The van der Waals surface area contributed by atoms with Crippen molar-refractivity contribution in [2.24, 2.45) is 0 Å². The SMILES string of the molecule is CC(C)(C)NCc1cc(Br)ccc1N1CC(=O)NC(=O)C1. The predicted octanol–water partition coefficient (Wildman–Crippen LogP) is 1.80. The molecule has 1 aromatic carbocycles. The van der Waals surface area contributed by atoms with Crippen LogP contribution in [-0.4, -0.2) is 30.4 Å². The zero-order valence-electron chi connectivity index (χ0n) is 12.5. The summed E-state index contributed by atoms with van der Waals surface area (Å²) in [7, 11) is 0. The molecule has 1 fully saturated rings. The minimum Gasteiger partial charge on any atom is -0.353 e. The standard InChI is InChI=1S/C15H20BrN3O2/c1-15(2,3)17-7-10-6-11(16)4-5-12(10)19-8-13(20)18-14(21)9-19/h4-6,17H,7-9H2,1-3H3,(H,18,20,21). The van der Waals surface area contributed by atoms with Gasteiger partial charge in [-0.2, -0.15) is 0 Å². The van der Waals surface area contributed by atoms with E-state index in [-0.39, 0.29) is 30.4 Å². The van der Waals surface area contributed by atoms with E-state index in [0.717, 1.165) is 15.7 Å². The molecule has 0 atom stereocenters. The first-order valence-corrected chi connectivity index (χ1v) is 7.65. The molecule has 1 aliphatic heterocycles. The van der Waals surface area contributed by atoms with Crippen LogP contribution in [0.2, 0.25) is 0 Å². The number of carbonyl (C=O) groups excluding carboxylic acids is 2. The smallest absolute Gasteiger partial charge is 0.246 e. The summed E-state index contributed by atoms with van der Waals surface area (Å²) in [5, 5.41) is 5.76. The maximum atomic E-state index is 11.6. The quantitative estimate of drug-likeness (QED) is 0.813. The Morgan fingerprint density at radius 1 is 1.24 bits per heavy atom. The number of nitrogens with zero attached hydrogens (tertiary/aromatic N) is 1. The molecular weight excluding hydrogens is 334 g/mol. The maximum absolute atomic E-state index is 11.6. The zero-order chi connectivity index (χ0) is 15.6. The van der Waals surface area contributed by atoms with Crippen molar-refractivity contribution in [1.29, 1.82) is 0 Å². The topological polar surface area (TPSA) is 61.4 Å². The van der Waals surface area contributed by atoms with E-state index in [1.54, 1.807) is 0 Å². The molecule has 0 saturated carbocycles. The summed E-state index contributed by atoms with van der Waals surface area (Å²) >= 11 is 3.47. The zero-order valence-corrected chi connectivity index (χ0v) is 14.1. The van der Waals surface area contributed by atoms with Crippen molar-refractivity contribution in [3.8, 4) is 0 Å². The van der Waals surface area contributed by atoms with Crippen LogP contribution in [0.5, 0.6) is 0 Å². The second-order valence-electron chi connectivity index (χ2n) is 6.20. The molecule has 0 unspecified atom stereocenters. The van der Waals surface area contributed by atoms with Crippen molar-refractivity contribution in [2.75, 3.05) is 18.0 Å². The first-order chi connectivity index (χ1) is 9.74. The summed E-state index contributed by atoms with van der Waals surface area (Å²) < 4.78 is 0.977. The summed E-state index contributed by atoms with van der Waals surface area (Å²) in [6, 6.07) is 5.88. The van der Waals surface area contributed by atoms with Gasteiger partial charge in [-0.3, -0.25) is 14.9 Å². The Bertz CT molecular complexity index is 551. The highest BCUT2D eigenvalue weighted by Crippen LogP contribution is 2.25.